The predicted octanol–water partition coefficient (Wildman–Crippen LogP) is 1.64. The summed E-state index contributed by atoms with van der Waals surface area (Å²) >= 11 is 1.95. The Labute approximate surface area is 129 Å². The minimum atomic E-state index is -0.0360. The molecule has 2 heterocycles. The number of fused-ring (bicyclic) bond motifs is 1. The summed E-state index contributed by atoms with van der Waals surface area (Å²) in [6, 6.07) is 5.76. The van der Waals surface area contributed by atoms with Gasteiger partial charge in [-0.3, -0.25) is 9.69 Å². The van der Waals surface area contributed by atoms with E-state index >= 15 is 0 Å². The predicted molar refractivity (Wildman–Crippen MR) is 82.9 cm³/mol. The van der Waals surface area contributed by atoms with E-state index in [9.17, 15) is 4.79 Å². The van der Waals surface area contributed by atoms with Gasteiger partial charge in [0.25, 0.3) is 0 Å². The van der Waals surface area contributed by atoms with Gasteiger partial charge in [0, 0.05) is 24.6 Å². The molecule has 2 aliphatic heterocycles. The molecular weight excluding hydrogens is 288 g/mol. The maximum absolute atomic E-state index is 12.1. The number of amides is 1. The van der Waals surface area contributed by atoms with Crippen molar-refractivity contribution >= 4 is 17.7 Å². The largest absolute Gasteiger partial charge is 0.454 e. The highest BCUT2D eigenvalue weighted by Gasteiger charge is 2.18. The molecule has 0 bridgehead atoms. The molecule has 2 aliphatic rings. The summed E-state index contributed by atoms with van der Waals surface area (Å²) < 4.78 is 10.7. The highest BCUT2D eigenvalue weighted by atomic mass is 32.2. The van der Waals surface area contributed by atoms with Crippen LogP contribution in [-0.4, -0.2) is 48.7 Å². The van der Waals surface area contributed by atoms with Gasteiger partial charge in [0.2, 0.25) is 12.7 Å². The summed E-state index contributed by atoms with van der Waals surface area (Å²) in [4.78, 5) is 14.3. The molecule has 114 valence electrons. The lowest BCUT2D eigenvalue weighted by Gasteiger charge is -2.26. The summed E-state index contributed by atoms with van der Waals surface area (Å²) in [6.07, 6.45) is 0. The smallest absolute Gasteiger partial charge is 0.234 e. The Morgan fingerprint density at radius 3 is 2.90 bits per heavy atom. The van der Waals surface area contributed by atoms with Gasteiger partial charge in [-0.05, 0) is 24.6 Å². The lowest BCUT2D eigenvalue weighted by Crippen LogP contribution is -2.41. The fourth-order valence-electron chi connectivity index (χ4n) is 2.52. The third-order valence-corrected chi connectivity index (χ3v) is 4.69. The van der Waals surface area contributed by atoms with E-state index in [1.54, 1.807) is 0 Å². The molecule has 0 radical (unpaired) electrons. The number of thioether (sulfide) groups is 1. The molecule has 1 saturated heterocycles. The monoisotopic (exact) mass is 308 g/mol. The third-order valence-electron chi connectivity index (χ3n) is 3.75. The molecule has 1 N–H and O–H groups in total. The molecule has 6 heteroatoms. The van der Waals surface area contributed by atoms with Gasteiger partial charge in [0.15, 0.2) is 11.5 Å². The molecule has 1 atom stereocenters. The minimum Gasteiger partial charge on any atom is -0.454 e. The van der Waals surface area contributed by atoms with Crippen molar-refractivity contribution in [2.75, 3.05) is 37.9 Å². The molecule has 0 spiro atoms. The van der Waals surface area contributed by atoms with E-state index in [0.717, 1.165) is 41.7 Å². The summed E-state index contributed by atoms with van der Waals surface area (Å²) in [5.74, 6) is 3.83. The summed E-state index contributed by atoms with van der Waals surface area (Å²) in [5, 5.41) is 3.05. The van der Waals surface area contributed by atoms with Gasteiger partial charge >= 0.3 is 0 Å². The van der Waals surface area contributed by atoms with Crippen LogP contribution < -0.4 is 14.8 Å². The maximum atomic E-state index is 12.1. The van der Waals surface area contributed by atoms with Gasteiger partial charge in [-0.2, -0.15) is 11.8 Å². The van der Waals surface area contributed by atoms with Crippen molar-refractivity contribution in [2.45, 2.75) is 13.0 Å². The van der Waals surface area contributed by atoms with Crippen LogP contribution in [-0.2, 0) is 4.79 Å². The van der Waals surface area contributed by atoms with Crippen LogP contribution in [0.15, 0.2) is 18.2 Å². The lowest BCUT2D eigenvalue weighted by atomic mass is 10.1. The lowest BCUT2D eigenvalue weighted by molar-refractivity contribution is -0.122. The number of nitrogens with zero attached hydrogens (tertiary/aromatic N) is 1. The van der Waals surface area contributed by atoms with E-state index < -0.39 is 0 Å². The molecule has 5 nitrogen and oxygen atoms in total. The highest BCUT2D eigenvalue weighted by Crippen LogP contribution is 2.34. The Morgan fingerprint density at radius 2 is 2.10 bits per heavy atom. The van der Waals surface area contributed by atoms with Crippen molar-refractivity contribution < 1.29 is 14.3 Å². The van der Waals surface area contributed by atoms with E-state index in [1.807, 2.05) is 36.9 Å². The maximum Gasteiger partial charge on any atom is 0.234 e. The van der Waals surface area contributed by atoms with Crippen LogP contribution in [0.5, 0.6) is 11.5 Å². The van der Waals surface area contributed by atoms with Crippen molar-refractivity contribution in [3.8, 4) is 11.5 Å². The number of nitrogens with one attached hydrogen (secondary N) is 1. The first-order valence-corrected chi connectivity index (χ1v) is 8.37. The molecule has 0 aliphatic carbocycles. The average Bonchev–Trinajstić information content (AvgIpc) is 2.95. The molecule has 1 aromatic rings. The van der Waals surface area contributed by atoms with E-state index in [0.29, 0.717) is 6.54 Å². The third kappa shape index (κ3) is 3.63. The molecular formula is C15H20N2O3S. The fraction of sp³-hybridized carbons (Fsp3) is 0.533. The van der Waals surface area contributed by atoms with Crippen LogP contribution in [0.2, 0.25) is 0 Å². The summed E-state index contributed by atoms with van der Waals surface area (Å²) in [6.45, 7) is 4.73. The molecule has 1 amide bonds. The van der Waals surface area contributed by atoms with E-state index in [-0.39, 0.29) is 18.7 Å². The quantitative estimate of drug-likeness (QED) is 0.916. The van der Waals surface area contributed by atoms with Crippen LogP contribution >= 0.6 is 11.8 Å². The van der Waals surface area contributed by atoms with Gasteiger partial charge in [-0.25, -0.2) is 0 Å². The molecule has 1 fully saturated rings. The van der Waals surface area contributed by atoms with Crippen molar-refractivity contribution in [1.29, 1.82) is 0 Å². The van der Waals surface area contributed by atoms with Crippen LogP contribution in [0.1, 0.15) is 18.5 Å². The fourth-order valence-corrected chi connectivity index (χ4v) is 3.49. The first-order chi connectivity index (χ1) is 10.2. The Kier molecular flexibility index (Phi) is 4.55. The Bertz CT molecular complexity index is 518. The van der Waals surface area contributed by atoms with Gasteiger partial charge in [0.05, 0.1) is 12.6 Å². The second kappa shape index (κ2) is 6.58. The number of hydrogen-bond acceptors (Lipinski definition) is 5. The van der Waals surface area contributed by atoms with Crippen molar-refractivity contribution in [3.05, 3.63) is 23.8 Å². The molecule has 0 unspecified atom stereocenters. The molecule has 0 aromatic heterocycles. The van der Waals surface area contributed by atoms with Crippen LogP contribution in [0.3, 0.4) is 0 Å². The average molecular weight is 308 g/mol. The van der Waals surface area contributed by atoms with Crippen molar-refractivity contribution in [1.82, 2.24) is 10.2 Å². The first-order valence-electron chi connectivity index (χ1n) is 7.21. The van der Waals surface area contributed by atoms with Gasteiger partial charge < -0.3 is 14.8 Å². The Morgan fingerprint density at radius 1 is 1.33 bits per heavy atom. The summed E-state index contributed by atoms with van der Waals surface area (Å²) in [5.41, 5.74) is 1.03. The highest BCUT2D eigenvalue weighted by molar-refractivity contribution is 7.99. The first kappa shape index (κ1) is 14.5. The van der Waals surface area contributed by atoms with Gasteiger partial charge in [-0.1, -0.05) is 6.07 Å². The Hall–Kier alpha value is -1.40. The molecule has 21 heavy (non-hydrogen) atoms. The van der Waals surface area contributed by atoms with Crippen molar-refractivity contribution in [2.24, 2.45) is 0 Å². The normalized spacial score (nSPS) is 19.3. The standard InChI is InChI=1S/C15H20N2O3S/c1-11(12-2-3-13-14(8-12)20-10-19-13)16-15(18)9-17-4-6-21-7-5-17/h2-3,8,11H,4-7,9-10H2,1H3,(H,16,18)/t11-/m1/s1. The van der Waals surface area contributed by atoms with Crippen molar-refractivity contribution in [3.63, 3.8) is 0 Å². The van der Waals surface area contributed by atoms with Crippen LogP contribution in [0.4, 0.5) is 0 Å². The summed E-state index contributed by atoms with van der Waals surface area (Å²) in [7, 11) is 0. The number of benzene rings is 1. The topological polar surface area (TPSA) is 50.8 Å². The van der Waals surface area contributed by atoms with Crippen LogP contribution in [0, 0.1) is 0 Å². The van der Waals surface area contributed by atoms with Crippen LogP contribution in [0.25, 0.3) is 0 Å². The zero-order valence-corrected chi connectivity index (χ0v) is 12.9. The SMILES string of the molecule is C[C@@H](NC(=O)CN1CCSCC1)c1ccc2c(c1)OCO2. The second-order valence-corrected chi connectivity index (χ2v) is 6.52. The number of rotatable bonds is 4. The molecule has 1 aromatic carbocycles. The number of carbonyl (C=O) groups excluding carboxylic acids is 1. The van der Waals surface area contributed by atoms with E-state index in [4.69, 9.17) is 9.47 Å². The number of hydrogen-bond donors (Lipinski definition) is 1. The van der Waals surface area contributed by atoms with E-state index in [2.05, 4.69) is 10.2 Å². The van der Waals surface area contributed by atoms with Gasteiger partial charge in [-0.15, -0.1) is 0 Å². The zero-order valence-electron chi connectivity index (χ0n) is 12.1. The van der Waals surface area contributed by atoms with Gasteiger partial charge in [0.1, 0.15) is 0 Å². The number of ether oxygens (including phenoxy) is 2. The second-order valence-electron chi connectivity index (χ2n) is 5.29. The number of carbonyl (C=O) groups is 1. The molecule has 0 saturated carbocycles. The zero-order chi connectivity index (χ0) is 14.7. The molecule has 3 rings (SSSR count). The Balaban J connectivity index is 1.55. The van der Waals surface area contributed by atoms with E-state index in [1.165, 1.54) is 0 Å². The minimum absolute atomic E-state index is 0.0360.